The molecule has 0 spiro atoms. The number of halogens is 1. The fourth-order valence-electron chi connectivity index (χ4n) is 1.96. The minimum absolute atomic E-state index is 0.0357. The first-order chi connectivity index (χ1) is 9.11. The predicted octanol–water partition coefficient (Wildman–Crippen LogP) is 4.11. The monoisotopic (exact) mass is 273 g/mol. The Bertz CT molecular complexity index is 590. The molecule has 0 saturated carbocycles. The number of anilines is 1. The molecular weight excluding hydrogens is 258 g/mol. The normalized spacial score (nSPS) is 10.4. The number of rotatable bonds is 4. The van der Waals surface area contributed by atoms with Gasteiger partial charge >= 0.3 is 0 Å². The Balaban J connectivity index is 2.25. The molecule has 98 valence electrons. The number of hydrogen-bond donors (Lipinski definition) is 1. The lowest BCUT2D eigenvalue weighted by Crippen LogP contribution is -2.02. The lowest BCUT2D eigenvalue weighted by molar-refractivity contribution is 0.103. The number of ketones is 1. The first kappa shape index (κ1) is 13.6. The minimum Gasteiger partial charge on any atom is -0.398 e. The van der Waals surface area contributed by atoms with Gasteiger partial charge in [-0.3, -0.25) is 4.79 Å². The van der Waals surface area contributed by atoms with Crippen LogP contribution in [0.4, 0.5) is 5.69 Å². The molecule has 0 fully saturated rings. The molecule has 2 rings (SSSR count). The summed E-state index contributed by atoms with van der Waals surface area (Å²) < 4.78 is 0. The Morgan fingerprint density at radius 1 is 1.11 bits per heavy atom. The van der Waals surface area contributed by atoms with Crippen LogP contribution in [0.15, 0.2) is 42.5 Å². The van der Waals surface area contributed by atoms with E-state index in [9.17, 15) is 4.79 Å². The minimum atomic E-state index is -0.0357. The zero-order valence-electron chi connectivity index (χ0n) is 10.8. The molecule has 0 amide bonds. The van der Waals surface area contributed by atoms with Crippen LogP contribution in [0.3, 0.4) is 0 Å². The highest BCUT2D eigenvalue weighted by molar-refractivity contribution is 6.33. The number of hydrogen-bond acceptors (Lipinski definition) is 2. The molecule has 0 aliphatic heterocycles. The average Bonchev–Trinajstić information content (AvgIpc) is 2.42. The van der Waals surface area contributed by atoms with Gasteiger partial charge in [0.05, 0.1) is 10.7 Å². The number of nitrogen functional groups attached to an aromatic ring is 1. The fraction of sp³-hybridized carbons (Fsp3) is 0.188. The van der Waals surface area contributed by atoms with E-state index in [-0.39, 0.29) is 5.78 Å². The van der Waals surface area contributed by atoms with E-state index in [0.29, 0.717) is 21.8 Å². The van der Waals surface area contributed by atoms with Crippen LogP contribution >= 0.6 is 11.6 Å². The number of aryl methyl sites for hydroxylation is 1. The van der Waals surface area contributed by atoms with Gasteiger partial charge < -0.3 is 5.73 Å². The summed E-state index contributed by atoms with van der Waals surface area (Å²) in [6, 6.07) is 12.7. The molecule has 0 aliphatic rings. The highest BCUT2D eigenvalue weighted by Gasteiger charge is 2.10. The zero-order valence-corrected chi connectivity index (χ0v) is 11.6. The van der Waals surface area contributed by atoms with E-state index in [0.717, 1.165) is 12.8 Å². The second-order valence-corrected chi connectivity index (χ2v) is 4.92. The van der Waals surface area contributed by atoms with Gasteiger partial charge in [0.15, 0.2) is 5.78 Å². The van der Waals surface area contributed by atoms with Gasteiger partial charge in [-0.25, -0.2) is 0 Å². The third kappa shape index (κ3) is 3.15. The Morgan fingerprint density at radius 2 is 1.74 bits per heavy atom. The molecule has 0 aromatic heterocycles. The summed E-state index contributed by atoms with van der Waals surface area (Å²) in [6.07, 6.45) is 2.13. The van der Waals surface area contributed by atoms with Gasteiger partial charge in [0, 0.05) is 11.1 Å². The van der Waals surface area contributed by atoms with Gasteiger partial charge in [-0.1, -0.05) is 49.2 Å². The third-order valence-corrected chi connectivity index (χ3v) is 3.36. The summed E-state index contributed by atoms with van der Waals surface area (Å²) in [7, 11) is 0. The maximum atomic E-state index is 12.3. The van der Waals surface area contributed by atoms with Crippen LogP contribution in [-0.2, 0) is 6.42 Å². The quantitative estimate of drug-likeness (QED) is 0.673. The predicted molar refractivity (Wildman–Crippen MR) is 79.7 cm³/mol. The highest BCUT2D eigenvalue weighted by atomic mass is 35.5. The van der Waals surface area contributed by atoms with Crippen molar-refractivity contribution < 1.29 is 4.79 Å². The molecule has 2 N–H and O–H groups in total. The number of carbonyl (C=O) groups is 1. The average molecular weight is 274 g/mol. The van der Waals surface area contributed by atoms with Crippen molar-refractivity contribution in [3.63, 3.8) is 0 Å². The van der Waals surface area contributed by atoms with E-state index >= 15 is 0 Å². The van der Waals surface area contributed by atoms with Crippen LogP contribution in [-0.4, -0.2) is 5.78 Å². The van der Waals surface area contributed by atoms with E-state index in [1.54, 1.807) is 18.2 Å². The largest absolute Gasteiger partial charge is 0.398 e. The van der Waals surface area contributed by atoms with Gasteiger partial charge in [0.2, 0.25) is 0 Å². The van der Waals surface area contributed by atoms with Gasteiger partial charge in [0.25, 0.3) is 0 Å². The highest BCUT2D eigenvalue weighted by Crippen LogP contribution is 2.21. The van der Waals surface area contributed by atoms with E-state index in [1.165, 1.54) is 5.56 Å². The summed E-state index contributed by atoms with van der Waals surface area (Å²) in [5.74, 6) is -0.0357. The maximum Gasteiger partial charge on any atom is 0.193 e. The van der Waals surface area contributed by atoms with Crippen molar-refractivity contribution in [3.05, 3.63) is 64.2 Å². The van der Waals surface area contributed by atoms with Gasteiger partial charge in [0.1, 0.15) is 0 Å². The van der Waals surface area contributed by atoms with Crippen LogP contribution in [0.25, 0.3) is 0 Å². The van der Waals surface area contributed by atoms with Crippen molar-refractivity contribution in [1.29, 1.82) is 0 Å². The number of nitrogens with two attached hydrogens (primary N) is 1. The topological polar surface area (TPSA) is 43.1 Å². The van der Waals surface area contributed by atoms with Crippen LogP contribution in [0.2, 0.25) is 5.02 Å². The van der Waals surface area contributed by atoms with E-state index in [2.05, 4.69) is 6.92 Å². The lowest BCUT2D eigenvalue weighted by Gasteiger charge is -2.05. The molecule has 2 aromatic carbocycles. The van der Waals surface area contributed by atoms with Crippen molar-refractivity contribution in [3.8, 4) is 0 Å². The van der Waals surface area contributed by atoms with Gasteiger partial charge in [-0.2, -0.15) is 0 Å². The summed E-state index contributed by atoms with van der Waals surface area (Å²) in [4.78, 5) is 12.3. The molecule has 2 nitrogen and oxygen atoms in total. The van der Waals surface area contributed by atoms with E-state index < -0.39 is 0 Å². The van der Waals surface area contributed by atoms with Crippen LogP contribution < -0.4 is 5.73 Å². The Hall–Kier alpha value is -1.80. The Labute approximate surface area is 118 Å². The zero-order chi connectivity index (χ0) is 13.8. The Kier molecular flexibility index (Phi) is 4.23. The van der Waals surface area contributed by atoms with Gasteiger partial charge in [-0.05, 0) is 30.2 Å². The molecule has 3 heteroatoms. The van der Waals surface area contributed by atoms with Crippen molar-refractivity contribution >= 4 is 23.1 Å². The Morgan fingerprint density at radius 3 is 2.32 bits per heavy atom. The standard InChI is InChI=1S/C16H16ClNO/c1-2-3-11-4-6-12(7-5-11)16(19)13-8-9-14(17)15(18)10-13/h4-10H,2-3,18H2,1H3. The van der Waals surface area contributed by atoms with Crippen molar-refractivity contribution in [2.75, 3.05) is 5.73 Å². The summed E-state index contributed by atoms with van der Waals surface area (Å²) in [6.45, 7) is 2.13. The van der Waals surface area contributed by atoms with Crippen LogP contribution in [0.5, 0.6) is 0 Å². The lowest BCUT2D eigenvalue weighted by atomic mass is 10.0. The number of carbonyl (C=O) groups excluding carboxylic acids is 1. The van der Waals surface area contributed by atoms with Crippen molar-refractivity contribution in [2.45, 2.75) is 19.8 Å². The first-order valence-corrected chi connectivity index (χ1v) is 6.68. The molecule has 0 heterocycles. The van der Waals surface area contributed by atoms with E-state index in [1.807, 2.05) is 24.3 Å². The molecular formula is C16H16ClNO. The van der Waals surface area contributed by atoms with Crippen LogP contribution in [0, 0.1) is 0 Å². The smallest absolute Gasteiger partial charge is 0.193 e. The second kappa shape index (κ2) is 5.89. The second-order valence-electron chi connectivity index (χ2n) is 4.51. The molecule has 0 atom stereocenters. The van der Waals surface area contributed by atoms with Crippen molar-refractivity contribution in [2.24, 2.45) is 0 Å². The van der Waals surface area contributed by atoms with Gasteiger partial charge in [-0.15, -0.1) is 0 Å². The van der Waals surface area contributed by atoms with Crippen molar-refractivity contribution in [1.82, 2.24) is 0 Å². The number of benzene rings is 2. The SMILES string of the molecule is CCCc1ccc(C(=O)c2ccc(Cl)c(N)c2)cc1. The molecule has 2 aromatic rings. The molecule has 19 heavy (non-hydrogen) atoms. The summed E-state index contributed by atoms with van der Waals surface area (Å²) in [5.41, 5.74) is 8.62. The summed E-state index contributed by atoms with van der Waals surface area (Å²) >= 11 is 5.85. The maximum absolute atomic E-state index is 12.3. The van der Waals surface area contributed by atoms with E-state index in [4.69, 9.17) is 17.3 Å². The summed E-state index contributed by atoms with van der Waals surface area (Å²) in [5, 5.41) is 0.467. The van der Waals surface area contributed by atoms with Crippen LogP contribution in [0.1, 0.15) is 34.8 Å². The molecule has 0 radical (unpaired) electrons. The molecule has 0 aliphatic carbocycles. The molecule has 0 saturated heterocycles. The third-order valence-electron chi connectivity index (χ3n) is 3.01. The fourth-order valence-corrected chi connectivity index (χ4v) is 2.08. The molecule has 0 bridgehead atoms. The first-order valence-electron chi connectivity index (χ1n) is 6.30. The molecule has 0 unspecified atom stereocenters.